The summed E-state index contributed by atoms with van der Waals surface area (Å²) in [6.07, 6.45) is 7.10. The number of benzene rings is 1. The number of hydrogen-bond donors (Lipinski definition) is 2. The minimum Gasteiger partial charge on any atom is -0.328 e. The smallest absolute Gasteiger partial charge is 0.116 e. The Kier molecular flexibility index (Phi) is 3.98. The second-order valence-corrected chi connectivity index (χ2v) is 7.14. The van der Waals surface area contributed by atoms with Crippen LogP contribution >= 0.6 is 0 Å². The quantitative estimate of drug-likeness (QED) is 0.752. The molecule has 0 radical (unpaired) electrons. The lowest BCUT2D eigenvalue weighted by molar-refractivity contribution is 0.273. The maximum absolute atomic E-state index is 6.76. The van der Waals surface area contributed by atoms with Gasteiger partial charge in [0.15, 0.2) is 0 Å². The number of aryl methyl sites for hydroxylation is 1. The van der Waals surface area contributed by atoms with E-state index in [1.54, 1.807) is 6.33 Å². The summed E-state index contributed by atoms with van der Waals surface area (Å²) in [4.78, 5) is 13.4. The third-order valence-electron chi connectivity index (χ3n) is 5.27. The average Bonchev–Trinajstić information content (AvgIpc) is 2.64. The van der Waals surface area contributed by atoms with Crippen LogP contribution in [0.25, 0.3) is 22.0 Å². The molecule has 4 N–H and O–H groups in total. The first kappa shape index (κ1) is 16.1. The zero-order chi connectivity index (χ0) is 17.4. The predicted octanol–water partition coefficient (Wildman–Crippen LogP) is 3.06. The number of pyridine rings is 1. The molecule has 2 heterocycles. The summed E-state index contributed by atoms with van der Waals surface area (Å²) in [5.41, 5.74) is 17.4. The fourth-order valence-electron chi connectivity index (χ4n) is 3.66. The average molecular weight is 333 g/mol. The van der Waals surface area contributed by atoms with Crippen molar-refractivity contribution in [3.63, 3.8) is 0 Å². The highest BCUT2D eigenvalue weighted by atomic mass is 14.9. The van der Waals surface area contributed by atoms with Crippen LogP contribution in [0.1, 0.15) is 37.1 Å². The van der Waals surface area contributed by atoms with Crippen molar-refractivity contribution in [1.82, 2.24) is 15.0 Å². The molecule has 0 bridgehead atoms. The maximum Gasteiger partial charge on any atom is 0.116 e. The summed E-state index contributed by atoms with van der Waals surface area (Å²) in [7, 11) is 0. The molecule has 128 valence electrons. The SMILES string of the molecule is Cc1ccc(-c2ccc3ncnc(C4(N)CCC(N)CC4)c3c2)cn1. The standard InChI is InChI=1S/C20H23N5/c1-13-2-3-15(11-23-13)14-4-5-18-17(10-14)19(25-12-24-18)20(22)8-6-16(21)7-9-20/h2-5,10-12,16H,6-9,21-22H2,1H3. The van der Waals surface area contributed by atoms with Gasteiger partial charge >= 0.3 is 0 Å². The van der Waals surface area contributed by atoms with E-state index in [2.05, 4.69) is 33.2 Å². The third kappa shape index (κ3) is 3.01. The molecule has 0 aliphatic heterocycles. The number of aromatic nitrogens is 3. The van der Waals surface area contributed by atoms with Gasteiger partial charge in [-0.15, -0.1) is 0 Å². The first-order chi connectivity index (χ1) is 12.0. The van der Waals surface area contributed by atoms with Gasteiger partial charge in [0, 0.05) is 28.9 Å². The Morgan fingerprint density at radius 3 is 2.48 bits per heavy atom. The first-order valence-corrected chi connectivity index (χ1v) is 8.78. The zero-order valence-corrected chi connectivity index (χ0v) is 14.4. The largest absolute Gasteiger partial charge is 0.328 e. The first-order valence-electron chi connectivity index (χ1n) is 8.78. The molecule has 0 unspecified atom stereocenters. The highest BCUT2D eigenvalue weighted by Gasteiger charge is 2.34. The summed E-state index contributed by atoms with van der Waals surface area (Å²) in [5.74, 6) is 0. The van der Waals surface area contributed by atoms with Gasteiger partial charge < -0.3 is 11.5 Å². The van der Waals surface area contributed by atoms with Gasteiger partial charge in [0.05, 0.1) is 16.7 Å². The van der Waals surface area contributed by atoms with Crippen molar-refractivity contribution in [2.24, 2.45) is 11.5 Å². The summed E-state index contributed by atoms with van der Waals surface area (Å²) in [6, 6.07) is 10.6. The van der Waals surface area contributed by atoms with E-state index in [1.807, 2.05) is 25.3 Å². The highest BCUT2D eigenvalue weighted by Crippen LogP contribution is 2.37. The zero-order valence-electron chi connectivity index (χ0n) is 14.4. The second-order valence-electron chi connectivity index (χ2n) is 7.14. The van der Waals surface area contributed by atoms with Gasteiger partial charge in [-0.1, -0.05) is 12.1 Å². The Morgan fingerprint density at radius 1 is 1.00 bits per heavy atom. The number of rotatable bonds is 2. The molecule has 5 heteroatoms. The Labute approximate surface area is 147 Å². The molecule has 25 heavy (non-hydrogen) atoms. The van der Waals surface area contributed by atoms with E-state index in [0.717, 1.165) is 59.1 Å². The van der Waals surface area contributed by atoms with E-state index >= 15 is 0 Å². The molecule has 2 aromatic heterocycles. The van der Waals surface area contributed by atoms with Gasteiger partial charge in [0.25, 0.3) is 0 Å². The number of fused-ring (bicyclic) bond motifs is 1. The van der Waals surface area contributed by atoms with Gasteiger partial charge in [0.1, 0.15) is 6.33 Å². The van der Waals surface area contributed by atoms with Crippen LogP contribution in [0.2, 0.25) is 0 Å². The molecule has 0 atom stereocenters. The van der Waals surface area contributed by atoms with Crippen LogP contribution < -0.4 is 11.5 Å². The van der Waals surface area contributed by atoms with E-state index in [1.165, 1.54) is 0 Å². The summed E-state index contributed by atoms with van der Waals surface area (Å²) in [6.45, 7) is 1.99. The number of nitrogens with two attached hydrogens (primary N) is 2. The van der Waals surface area contributed by atoms with Crippen molar-refractivity contribution < 1.29 is 0 Å². The maximum atomic E-state index is 6.76. The molecule has 1 aliphatic rings. The second kappa shape index (κ2) is 6.17. The van der Waals surface area contributed by atoms with Crippen LogP contribution in [0.15, 0.2) is 42.9 Å². The molecular formula is C20H23N5. The van der Waals surface area contributed by atoms with Crippen LogP contribution in [-0.4, -0.2) is 21.0 Å². The third-order valence-corrected chi connectivity index (χ3v) is 5.27. The lowest BCUT2D eigenvalue weighted by atomic mass is 9.77. The molecule has 5 nitrogen and oxygen atoms in total. The van der Waals surface area contributed by atoms with Crippen molar-refractivity contribution in [1.29, 1.82) is 0 Å². The lowest BCUT2D eigenvalue weighted by Crippen LogP contribution is -2.44. The minimum absolute atomic E-state index is 0.249. The Bertz CT molecular complexity index is 896. The van der Waals surface area contributed by atoms with Crippen molar-refractivity contribution in [3.8, 4) is 11.1 Å². The molecule has 0 spiro atoms. The normalized spacial score (nSPS) is 23.7. The van der Waals surface area contributed by atoms with Crippen LogP contribution in [0.5, 0.6) is 0 Å². The van der Waals surface area contributed by atoms with Gasteiger partial charge in [0.2, 0.25) is 0 Å². The van der Waals surface area contributed by atoms with Crippen LogP contribution in [-0.2, 0) is 5.54 Å². The van der Waals surface area contributed by atoms with Gasteiger partial charge in [-0.25, -0.2) is 9.97 Å². The van der Waals surface area contributed by atoms with Crippen LogP contribution in [0.4, 0.5) is 0 Å². The van der Waals surface area contributed by atoms with E-state index in [4.69, 9.17) is 11.5 Å². The van der Waals surface area contributed by atoms with Crippen LogP contribution in [0, 0.1) is 6.92 Å². The monoisotopic (exact) mass is 333 g/mol. The van der Waals surface area contributed by atoms with E-state index in [-0.39, 0.29) is 6.04 Å². The lowest BCUT2D eigenvalue weighted by Gasteiger charge is -2.36. The molecular weight excluding hydrogens is 310 g/mol. The van der Waals surface area contributed by atoms with E-state index in [9.17, 15) is 0 Å². The Balaban J connectivity index is 1.82. The predicted molar refractivity (Wildman–Crippen MR) is 99.8 cm³/mol. The topological polar surface area (TPSA) is 90.7 Å². The Morgan fingerprint density at radius 2 is 1.76 bits per heavy atom. The summed E-state index contributed by atoms with van der Waals surface area (Å²) >= 11 is 0. The molecule has 1 fully saturated rings. The summed E-state index contributed by atoms with van der Waals surface area (Å²) in [5, 5.41) is 1.03. The molecule has 1 aromatic carbocycles. The minimum atomic E-state index is -0.429. The van der Waals surface area contributed by atoms with Gasteiger partial charge in [-0.3, -0.25) is 4.98 Å². The number of hydrogen-bond acceptors (Lipinski definition) is 5. The van der Waals surface area contributed by atoms with Crippen molar-refractivity contribution in [2.45, 2.75) is 44.2 Å². The summed E-state index contributed by atoms with van der Waals surface area (Å²) < 4.78 is 0. The van der Waals surface area contributed by atoms with Crippen molar-refractivity contribution in [3.05, 3.63) is 54.2 Å². The van der Waals surface area contributed by atoms with E-state index in [0.29, 0.717) is 0 Å². The van der Waals surface area contributed by atoms with Crippen molar-refractivity contribution >= 4 is 10.9 Å². The van der Waals surface area contributed by atoms with Gasteiger partial charge in [-0.2, -0.15) is 0 Å². The van der Waals surface area contributed by atoms with Gasteiger partial charge in [-0.05, 0) is 56.4 Å². The highest BCUT2D eigenvalue weighted by molar-refractivity contribution is 5.86. The van der Waals surface area contributed by atoms with E-state index < -0.39 is 5.54 Å². The number of nitrogens with zero attached hydrogens (tertiary/aromatic N) is 3. The fraction of sp³-hybridized carbons (Fsp3) is 0.350. The molecule has 3 aromatic rings. The molecule has 1 aliphatic carbocycles. The van der Waals surface area contributed by atoms with Crippen molar-refractivity contribution in [2.75, 3.05) is 0 Å². The molecule has 0 amide bonds. The molecule has 4 rings (SSSR count). The fourth-order valence-corrected chi connectivity index (χ4v) is 3.66. The van der Waals surface area contributed by atoms with Crippen LogP contribution in [0.3, 0.4) is 0 Å². The molecule has 0 saturated heterocycles. The Hall–Kier alpha value is -2.37. The molecule has 1 saturated carbocycles.